The molecule has 3 nitrogen and oxygen atoms in total. The van der Waals surface area contributed by atoms with Gasteiger partial charge < -0.3 is 9.84 Å². The molecule has 0 aromatic heterocycles. The van der Waals surface area contributed by atoms with Crippen LogP contribution in [-0.2, 0) is 16.0 Å². The van der Waals surface area contributed by atoms with E-state index < -0.39 is 0 Å². The van der Waals surface area contributed by atoms with Gasteiger partial charge in [0.2, 0.25) is 0 Å². The summed E-state index contributed by atoms with van der Waals surface area (Å²) in [5, 5.41) is 8.75. The molecule has 0 spiro atoms. The van der Waals surface area contributed by atoms with Gasteiger partial charge in [-0.1, -0.05) is 24.3 Å². The molecule has 0 aliphatic rings. The Morgan fingerprint density at radius 3 is 2.62 bits per heavy atom. The Hall–Kier alpha value is -1.61. The number of esters is 1. The van der Waals surface area contributed by atoms with Crippen molar-refractivity contribution < 1.29 is 14.6 Å². The van der Waals surface area contributed by atoms with E-state index in [1.54, 1.807) is 13.0 Å². The van der Waals surface area contributed by atoms with Crippen LogP contribution in [0.25, 0.3) is 6.08 Å². The summed E-state index contributed by atoms with van der Waals surface area (Å²) >= 11 is 0. The molecule has 1 aromatic rings. The maximum Gasteiger partial charge on any atom is 0.330 e. The highest BCUT2D eigenvalue weighted by atomic mass is 16.5. The van der Waals surface area contributed by atoms with Gasteiger partial charge in [-0.05, 0) is 30.5 Å². The number of hydrogen-bond acceptors (Lipinski definition) is 3. The predicted molar refractivity (Wildman–Crippen MR) is 62.9 cm³/mol. The van der Waals surface area contributed by atoms with Gasteiger partial charge >= 0.3 is 5.97 Å². The third kappa shape index (κ3) is 4.28. The molecule has 0 amide bonds. The van der Waals surface area contributed by atoms with E-state index >= 15 is 0 Å². The summed E-state index contributed by atoms with van der Waals surface area (Å²) in [5.74, 6) is -0.332. The fourth-order valence-corrected chi connectivity index (χ4v) is 1.28. The first-order valence-electron chi connectivity index (χ1n) is 5.31. The van der Waals surface area contributed by atoms with E-state index in [1.807, 2.05) is 24.3 Å². The van der Waals surface area contributed by atoms with Crippen LogP contribution in [0, 0.1) is 0 Å². The number of aliphatic hydroxyl groups is 1. The minimum Gasteiger partial charge on any atom is -0.463 e. The third-order valence-electron chi connectivity index (χ3n) is 2.08. The lowest BCUT2D eigenvalue weighted by atomic mass is 10.1. The van der Waals surface area contributed by atoms with Crippen molar-refractivity contribution in [3.8, 4) is 0 Å². The lowest BCUT2D eigenvalue weighted by molar-refractivity contribution is -0.137. The normalized spacial score (nSPS) is 10.6. The van der Waals surface area contributed by atoms with Crippen molar-refractivity contribution in [3.63, 3.8) is 0 Å². The molecule has 0 bridgehead atoms. The maximum atomic E-state index is 11.0. The first kappa shape index (κ1) is 12.5. The van der Waals surface area contributed by atoms with E-state index in [9.17, 15) is 4.79 Å². The number of carbonyl (C=O) groups excluding carboxylic acids is 1. The molecule has 0 aliphatic heterocycles. The second-order valence-electron chi connectivity index (χ2n) is 3.30. The molecule has 16 heavy (non-hydrogen) atoms. The summed E-state index contributed by atoms with van der Waals surface area (Å²) in [6.45, 7) is 2.31. The highest BCUT2D eigenvalue weighted by Crippen LogP contribution is 2.06. The Kier molecular flexibility index (Phi) is 5.29. The van der Waals surface area contributed by atoms with Crippen molar-refractivity contribution in [1.82, 2.24) is 0 Å². The zero-order valence-electron chi connectivity index (χ0n) is 9.35. The van der Waals surface area contributed by atoms with Crippen LogP contribution >= 0.6 is 0 Å². The second kappa shape index (κ2) is 6.80. The number of rotatable bonds is 5. The van der Waals surface area contributed by atoms with Gasteiger partial charge in [-0.3, -0.25) is 0 Å². The molecule has 1 rings (SSSR count). The first-order chi connectivity index (χ1) is 7.76. The van der Waals surface area contributed by atoms with Gasteiger partial charge in [0, 0.05) is 12.7 Å². The van der Waals surface area contributed by atoms with Crippen LogP contribution in [0.5, 0.6) is 0 Å². The van der Waals surface area contributed by atoms with Crippen molar-refractivity contribution in [3.05, 3.63) is 41.5 Å². The average Bonchev–Trinajstić information content (AvgIpc) is 2.29. The molecular weight excluding hydrogens is 204 g/mol. The standard InChI is InChI=1S/C13H16O3/c1-2-16-13(15)8-7-11-3-5-12(6-4-11)9-10-14/h3-8,14H,2,9-10H2,1H3. The molecule has 0 atom stereocenters. The van der Waals surface area contributed by atoms with Gasteiger partial charge in [-0.2, -0.15) is 0 Å². The van der Waals surface area contributed by atoms with Gasteiger partial charge in [0.05, 0.1) is 6.61 Å². The van der Waals surface area contributed by atoms with E-state index in [2.05, 4.69) is 0 Å². The quantitative estimate of drug-likeness (QED) is 0.608. The lowest BCUT2D eigenvalue weighted by Crippen LogP contribution is -1.98. The van der Waals surface area contributed by atoms with Gasteiger partial charge in [0.15, 0.2) is 0 Å². The highest BCUT2D eigenvalue weighted by Gasteiger charge is 1.94. The Morgan fingerprint density at radius 2 is 2.06 bits per heavy atom. The minimum atomic E-state index is -0.332. The minimum absolute atomic E-state index is 0.151. The zero-order chi connectivity index (χ0) is 11.8. The molecule has 1 N–H and O–H groups in total. The SMILES string of the molecule is CCOC(=O)C=Cc1ccc(CCO)cc1. The number of carbonyl (C=O) groups is 1. The van der Waals surface area contributed by atoms with Crippen LogP contribution < -0.4 is 0 Å². The summed E-state index contributed by atoms with van der Waals surface area (Å²) < 4.78 is 4.77. The molecule has 1 aromatic carbocycles. The van der Waals surface area contributed by atoms with E-state index in [0.29, 0.717) is 13.0 Å². The lowest BCUT2D eigenvalue weighted by Gasteiger charge is -1.99. The van der Waals surface area contributed by atoms with E-state index in [4.69, 9.17) is 9.84 Å². The van der Waals surface area contributed by atoms with Gasteiger partial charge in [-0.25, -0.2) is 4.79 Å². The zero-order valence-corrected chi connectivity index (χ0v) is 9.35. The van der Waals surface area contributed by atoms with Crippen LogP contribution in [-0.4, -0.2) is 24.3 Å². The summed E-state index contributed by atoms with van der Waals surface area (Å²) in [7, 11) is 0. The van der Waals surface area contributed by atoms with Crippen LogP contribution in [0.1, 0.15) is 18.1 Å². The second-order valence-corrected chi connectivity index (χ2v) is 3.30. The summed E-state index contributed by atoms with van der Waals surface area (Å²) in [4.78, 5) is 11.0. The average molecular weight is 220 g/mol. The largest absolute Gasteiger partial charge is 0.463 e. The van der Waals surface area contributed by atoms with Crippen molar-refractivity contribution >= 4 is 12.0 Å². The number of hydrogen-bond donors (Lipinski definition) is 1. The Bertz CT molecular complexity index is 352. The van der Waals surface area contributed by atoms with Crippen LogP contribution in [0.3, 0.4) is 0 Å². The molecule has 0 aliphatic carbocycles. The Balaban J connectivity index is 2.57. The summed E-state index contributed by atoms with van der Waals surface area (Å²) in [6.07, 6.45) is 3.77. The Labute approximate surface area is 95.4 Å². The fourth-order valence-electron chi connectivity index (χ4n) is 1.28. The fraction of sp³-hybridized carbons (Fsp3) is 0.308. The first-order valence-corrected chi connectivity index (χ1v) is 5.31. The van der Waals surface area contributed by atoms with Gasteiger partial charge in [-0.15, -0.1) is 0 Å². The van der Waals surface area contributed by atoms with Crippen molar-refractivity contribution in [1.29, 1.82) is 0 Å². The smallest absolute Gasteiger partial charge is 0.330 e. The van der Waals surface area contributed by atoms with Crippen molar-refractivity contribution in [2.24, 2.45) is 0 Å². The monoisotopic (exact) mass is 220 g/mol. The van der Waals surface area contributed by atoms with Crippen molar-refractivity contribution in [2.75, 3.05) is 13.2 Å². The molecule has 86 valence electrons. The molecule has 0 saturated heterocycles. The number of aliphatic hydroxyl groups excluding tert-OH is 1. The van der Waals surface area contributed by atoms with Gasteiger partial charge in [0.1, 0.15) is 0 Å². The topological polar surface area (TPSA) is 46.5 Å². The van der Waals surface area contributed by atoms with E-state index in [0.717, 1.165) is 11.1 Å². The van der Waals surface area contributed by atoms with Crippen LogP contribution in [0.4, 0.5) is 0 Å². The Morgan fingerprint density at radius 1 is 1.38 bits per heavy atom. The van der Waals surface area contributed by atoms with Crippen LogP contribution in [0.15, 0.2) is 30.3 Å². The van der Waals surface area contributed by atoms with Crippen LogP contribution in [0.2, 0.25) is 0 Å². The number of ether oxygens (including phenoxy) is 1. The molecule has 3 heteroatoms. The number of benzene rings is 1. The third-order valence-corrected chi connectivity index (χ3v) is 2.08. The predicted octanol–water partition coefficient (Wildman–Crippen LogP) is 1.80. The summed E-state index contributed by atoms with van der Waals surface area (Å²) in [6, 6.07) is 7.67. The molecule has 0 saturated carbocycles. The molecular formula is C13H16O3. The molecule has 0 fully saturated rings. The molecule has 0 heterocycles. The van der Waals surface area contributed by atoms with Crippen molar-refractivity contribution in [2.45, 2.75) is 13.3 Å². The highest BCUT2D eigenvalue weighted by molar-refractivity contribution is 5.86. The van der Waals surface area contributed by atoms with E-state index in [1.165, 1.54) is 6.08 Å². The maximum absolute atomic E-state index is 11.0. The molecule has 0 radical (unpaired) electrons. The van der Waals surface area contributed by atoms with E-state index in [-0.39, 0.29) is 12.6 Å². The van der Waals surface area contributed by atoms with Gasteiger partial charge in [0.25, 0.3) is 0 Å². The summed E-state index contributed by atoms with van der Waals surface area (Å²) in [5.41, 5.74) is 2.02. The molecule has 0 unspecified atom stereocenters.